The van der Waals surface area contributed by atoms with Crippen LogP contribution in [0.25, 0.3) is 0 Å². The van der Waals surface area contributed by atoms with Gasteiger partial charge in [0.25, 0.3) is 0 Å². The molecule has 0 aromatic heterocycles. The third-order valence-corrected chi connectivity index (χ3v) is 1.10. The van der Waals surface area contributed by atoms with Gasteiger partial charge in [-0.1, -0.05) is 0 Å². The lowest BCUT2D eigenvalue weighted by Crippen LogP contribution is -2.27. The second kappa shape index (κ2) is 7.94. The minimum absolute atomic E-state index is 0.0659. The first kappa shape index (κ1) is 10.8. The molecule has 0 saturated carbocycles. The van der Waals surface area contributed by atoms with Crippen LogP contribution in [-0.4, -0.2) is 49.2 Å². The van der Waals surface area contributed by atoms with Crippen LogP contribution in [0.2, 0.25) is 0 Å². The number of ether oxygens (including phenoxy) is 1. The van der Waals surface area contributed by atoms with Crippen LogP contribution in [0.1, 0.15) is 6.92 Å². The zero-order chi connectivity index (χ0) is 8.53. The van der Waals surface area contributed by atoms with Crippen molar-refractivity contribution in [3.63, 3.8) is 0 Å². The number of hydrogen-bond acceptors (Lipinski definition) is 4. The molecule has 4 heteroatoms. The number of hydrogen-bond donors (Lipinski definition) is 3. The summed E-state index contributed by atoms with van der Waals surface area (Å²) in [7, 11) is 0. The van der Waals surface area contributed by atoms with E-state index < -0.39 is 0 Å². The third kappa shape index (κ3) is 9.84. The Balaban J connectivity index is 2.80. The normalized spacial score (nSPS) is 13.4. The van der Waals surface area contributed by atoms with Gasteiger partial charge in [0.15, 0.2) is 0 Å². The molecule has 0 aliphatic heterocycles. The molecule has 0 aromatic carbocycles. The molecule has 0 spiro atoms. The van der Waals surface area contributed by atoms with Gasteiger partial charge >= 0.3 is 0 Å². The standard InChI is InChI=1S/C7H17NO3/c1-7(10)6-8-2-4-11-5-3-9/h7-10H,2-6H2,1H3. The van der Waals surface area contributed by atoms with E-state index in [0.29, 0.717) is 26.3 Å². The Morgan fingerprint density at radius 3 is 2.73 bits per heavy atom. The Labute approximate surface area is 67.2 Å². The molecule has 0 aliphatic carbocycles. The zero-order valence-electron chi connectivity index (χ0n) is 6.92. The Morgan fingerprint density at radius 2 is 2.18 bits per heavy atom. The van der Waals surface area contributed by atoms with Crippen molar-refractivity contribution in [2.24, 2.45) is 0 Å². The average molecular weight is 163 g/mol. The molecule has 11 heavy (non-hydrogen) atoms. The van der Waals surface area contributed by atoms with Gasteiger partial charge in [-0.3, -0.25) is 0 Å². The molecule has 0 rings (SSSR count). The van der Waals surface area contributed by atoms with E-state index in [-0.39, 0.29) is 12.7 Å². The van der Waals surface area contributed by atoms with Gasteiger partial charge in [0, 0.05) is 13.1 Å². The van der Waals surface area contributed by atoms with Crippen LogP contribution in [0.15, 0.2) is 0 Å². The monoisotopic (exact) mass is 163 g/mol. The van der Waals surface area contributed by atoms with E-state index in [9.17, 15) is 0 Å². The molecule has 68 valence electrons. The molecule has 0 heterocycles. The van der Waals surface area contributed by atoms with E-state index in [2.05, 4.69) is 5.32 Å². The highest BCUT2D eigenvalue weighted by molar-refractivity contribution is 4.51. The average Bonchev–Trinajstić information content (AvgIpc) is 1.96. The van der Waals surface area contributed by atoms with Crippen LogP contribution in [0.4, 0.5) is 0 Å². The fraction of sp³-hybridized carbons (Fsp3) is 1.00. The lowest BCUT2D eigenvalue weighted by atomic mass is 10.4. The number of rotatable bonds is 7. The Bertz CT molecular complexity index is 78.1. The summed E-state index contributed by atoms with van der Waals surface area (Å²) in [5.74, 6) is 0. The van der Waals surface area contributed by atoms with Crippen LogP contribution in [0.3, 0.4) is 0 Å². The second-order valence-electron chi connectivity index (χ2n) is 2.39. The summed E-state index contributed by atoms with van der Waals surface area (Å²) in [6, 6.07) is 0. The first-order valence-electron chi connectivity index (χ1n) is 3.84. The van der Waals surface area contributed by atoms with Crippen LogP contribution in [-0.2, 0) is 4.74 Å². The van der Waals surface area contributed by atoms with E-state index in [4.69, 9.17) is 14.9 Å². The lowest BCUT2D eigenvalue weighted by molar-refractivity contribution is 0.0917. The van der Waals surface area contributed by atoms with Gasteiger partial charge in [-0.2, -0.15) is 0 Å². The van der Waals surface area contributed by atoms with Crippen molar-refractivity contribution >= 4 is 0 Å². The largest absolute Gasteiger partial charge is 0.394 e. The van der Waals surface area contributed by atoms with Gasteiger partial charge in [0.1, 0.15) is 0 Å². The highest BCUT2D eigenvalue weighted by atomic mass is 16.5. The van der Waals surface area contributed by atoms with Gasteiger partial charge in [-0.25, -0.2) is 0 Å². The van der Waals surface area contributed by atoms with E-state index in [1.807, 2.05) is 0 Å². The molecular formula is C7H17NO3. The van der Waals surface area contributed by atoms with Crippen molar-refractivity contribution in [1.82, 2.24) is 5.32 Å². The van der Waals surface area contributed by atoms with Gasteiger partial charge in [-0.15, -0.1) is 0 Å². The summed E-state index contributed by atoms with van der Waals surface area (Å²) in [6.45, 7) is 4.05. The minimum atomic E-state index is -0.312. The molecule has 3 N–H and O–H groups in total. The fourth-order valence-electron chi connectivity index (χ4n) is 0.622. The van der Waals surface area contributed by atoms with Crippen LogP contribution in [0.5, 0.6) is 0 Å². The van der Waals surface area contributed by atoms with Gasteiger partial charge in [0.2, 0.25) is 0 Å². The Kier molecular flexibility index (Phi) is 7.83. The third-order valence-electron chi connectivity index (χ3n) is 1.10. The molecule has 1 atom stereocenters. The molecule has 0 aliphatic rings. The van der Waals surface area contributed by atoms with Crippen molar-refractivity contribution in [3.05, 3.63) is 0 Å². The second-order valence-corrected chi connectivity index (χ2v) is 2.39. The molecule has 0 aromatic rings. The first-order chi connectivity index (χ1) is 5.27. The Hall–Kier alpha value is -0.160. The number of aliphatic hydroxyl groups is 2. The summed E-state index contributed by atoms with van der Waals surface area (Å²) < 4.78 is 4.97. The van der Waals surface area contributed by atoms with E-state index in [1.54, 1.807) is 6.92 Å². The van der Waals surface area contributed by atoms with Crippen molar-refractivity contribution in [3.8, 4) is 0 Å². The summed E-state index contributed by atoms with van der Waals surface area (Å²) in [6.07, 6.45) is -0.312. The highest BCUT2D eigenvalue weighted by Gasteiger charge is 1.92. The topological polar surface area (TPSA) is 61.7 Å². The van der Waals surface area contributed by atoms with Gasteiger partial charge in [0.05, 0.1) is 25.9 Å². The molecule has 4 nitrogen and oxygen atoms in total. The maximum Gasteiger partial charge on any atom is 0.0698 e. The first-order valence-corrected chi connectivity index (χ1v) is 3.84. The molecule has 0 saturated heterocycles. The van der Waals surface area contributed by atoms with Crippen LogP contribution < -0.4 is 5.32 Å². The van der Waals surface area contributed by atoms with Gasteiger partial charge < -0.3 is 20.3 Å². The molecule has 0 fully saturated rings. The quantitative estimate of drug-likeness (QED) is 0.420. The predicted octanol–water partition coefficient (Wildman–Crippen LogP) is -1.03. The van der Waals surface area contributed by atoms with Gasteiger partial charge in [-0.05, 0) is 6.92 Å². The maximum absolute atomic E-state index is 8.81. The smallest absolute Gasteiger partial charge is 0.0698 e. The van der Waals surface area contributed by atoms with E-state index in [0.717, 1.165) is 0 Å². The predicted molar refractivity (Wildman–Crippen MR) is 42.5 cm³/mol. The van der Waals surface area contributed by atoms with Crippen molar-refractivity contribution in [1.29, 1.82) is 0 Å². The van der Waals surface area contributed by atoms with Crippen LogP contribution >= 0.6 is 0 Å². The molecule has 0 bridgehead atoms. The molecule has 1 unspecified atom stereocenters. The SMILES string of the molecule is CC(O)CNCCOCCO. The molecule has 0 amide bonds. The summed E-state index contributed by atoms with van der Waals surface area (Å²) in [5.41, 5.74) is 0. The maximum atomic E-state index is 8.81. The van der Waals surface area contributed by atoms with Crippen molar-refractivity contribution < 1.29 is 14.9 Å². The fourth-order valence-corrected chi connectivity index (χ4v) is 0.622. The number of aliphatic hydroxyl groups excluding tert-OH is 2. The summed E-state index contributed by atoms with van der Waals surface area (Å²) in [4.78, 5) is 0. The minimum Gasteiger partial charge on any atom is -0.394 e. The zero-order valence-corrected chi connectivity index (χ0v) is 6.92. The number of nitrogens with one attached hydrogen (secondary N) is 1. The van der Waals surface area contributed by atoms with E-state index in [1.165, 1.54) is 0 Å². The lowest BCUT2D eigenvalue weighted by Gasteiger charge is -2.06. The van der Waals surface area contributed by atoms with Crippen molar-refractivity contribution in [2.75, 3.05) is 32.9 Å². The van der Waals surface area contributed by atoms with Crippen molar-refractivity contribution in [2.45, 2.75) is 13.0 Å². The Morgan fingerprint density at radius 1 is 1.45 bits per heavy atom. The molecule has 0 radical (unpaired) electrons. The summed E-state index contributed by atoms with van der Waals surface area (Å²) >= 11 is 0. The van der Waals surface area contributed by atoms with Crippen LogP contribution in [0, 0.1) is 0 Å². The molecular weight excluding hydrogens is 146 g/mol. The highest BCUT2D eigenvalue weighted by Crippen LogP contribution is 1.75. The van der Waals surface area contributed by atoms with E-state index >= 15 is 0 Å². The summed E-state index contributed by atoms with van der Waals surface area (Å²) in [5, 5.41) is 20.1.